The quantitative estimate of drug-likeness (QED) is 0.339. The number of aromatic nitrogens is 2. The molecular weight excluding hydrogens is 314 g/mol. The van der Waals surface area contributed by atoms with Crippen molar-refractivity contribution in [1.29, 1.82) is 0 Å². The van der Waals surface area contributed by atoms with Crippen LogP contribution in [0.15, 0.2) is 53.5 Å². The Hall–Kier alpha value is -2.64. The molecule has 0 amide bonds. The number of nitrogens with zero attached hydrogens (tertiary/aromatic N) is 4. The van der Waals surface area contributed by atoms with Gasteiger partial charge in [-0.25, -0.2) is 10.8 Å². The highest BCUT2D eigenvalue weighted by molar-refractivity contribution is 6.25. The van der Waals surface area contributed by atoms with E-state index in [0.717, 1.165) is 11.1 Å². The first-order valence-corrected chi connectivity index (χ1v) is 7.27. The summed E-state index contributed by atoms with van der Waals surface area (Å²) in [6, 6.07) is 5.35. The van der Waals surface area contributed by atoms with Crippen molar-refractivity contribution in [3.8, 4) is 11.1 Å². The van der Waals surface area contributed by atoms with Crippen LogP contribution in [0.3, 0.4) is 0 Å². The Morgan fingerprint density at radius 3 is 2.78 bits per heavy atom. The minimum absolute atomic E-state index is 0.226. The maximum Gasteiger partial charge on any atom is 0.173 e. The lowest BCUT2D eigenvalue weighted by molar-refractivity contribution is 0.393. The molecule has 2 aromatic rings. The summed E-state index contributed by atoms with van der Waals surface area (Å²) in [5.74, 6) is 12.2. The molecule has 0 spiro atoms. The number of hydrazine groups is 1. The molecule has 0 aliphatic rings. The largest absolute Gasteiger partial charge is 0.383 e. The number of nitrogen functional groups attached to an aromatic ring is 1. The van der Waals surface area contributed by atoms with Gasteiger partial charge in [-0.05, 0) is 25.1 Å². The van der Waals surface area contributed by atoms with Crippen molar-refractivity contribution in [3.05, 3.63) is 54.0 Å². The molecule has 0 bridgehead atoms. The molecule has 1 atom stereocenters. The van der Waals surface area contributed by atoms with Gasteiger partial charge in [-0.3, -0.25) is 9.99 Å². The summed E-state index contributed by atoms with van der Waals surface area (Å²) >= 11 is 5.59. The van der Waals surface area contributed by atoms with Crippen LogP contribution in [0.1, 0.15) is 12.5 Å². The first-order chi connectivity index (χ1) is 11.1. The highest BCUT2D eigenvalue weighted by atomic mass is 35.5. The van der Waals surface area contributed by atoms with Gasteiger partial charge in [-0.15, -0.1) is 0 Å². The van der Waals surface area contributed by atoms with Gasteiger partial charge < -0.3 is 11.6 Å². The SMILES string of the molecule is CC(/C=C/Cl)N(N)/C(=N\N)c1cc(-c2cccnc2)cnc1N. The number of hydrogen-bond donors (Lipinski definition) is 3. The minimum Gasteiger partial charge on any atom is -0.383 e. The summed E-state index contributed by atoms with van der Waals surface area (Å²) in [7, 11) is 0. The van der Waals surface area contributed by atoms with Crippen molar-refractivity contribution in [3.63, 3.8) is 0 Å². The van der Waals surface area contributed by atoms with E-state index in [1.54, 1.807) is 24.7 Å². The van der Waals surface area contributed by atoms with Gasteiger partial charge in [-0.2, -0.15) is 5.10 Å². The van der Waals surface area contributed by atoms with Gasteiger partial charge >= 0.3 is 0 Å². The molecule has 2 aromatic heterocycles. The van der Waals surface area contributed by atoms with Gasteiger partial charge in [0.2, 0.25) is 0 Å². The van der Waals surface area contributed by atoms with Crippen LogP contribution in [0.25, 0.3) is 11.1 Å². The fraction of sp³-hybridized carbons (Fsp3) is 0.133. The number of nitrogens with two attached hydrogens (primary N) is 3. The van der Waals surface area contributed by atoms with E-state index in [1.807, 2.05) is 25.1 Å². The average Bonchev–Trinajstić information content (AvgIpc) is 2.58. The van der Waals surface area contributed by atoms with Gasteiger partial charge in [0.1, 0.15) is 5.82 Å². The van der Waals surface area contributed by atoms with Crippen LogP contribution in [-0.2, 0) is 0 Å². The average molecular weight is 332 g/mol. The molecule has 0 aromatic carbocycles. The highest BCUT2D eigenvalue weighted by Crippen LogP contribution is 2.22. The molecule has 120 valence electrons. The summed E-state index contributed by atoms with van der Waals surface area (Å²) in [5, 5.41) is 5.14. The van der Waals surface area contributed by atoms with E-state index in [1.165, 1.54) is 10.5 Å². The van der Waals surface area contributed by atoms with Crippen molar-refractivity contribution >= 4 is 23.3 Å². The number of hydrazone groups is 1. The molecule has 7 nitrogen and oxygen atoms in total. The van der Waals surface area contributed by atoms with Gasteiger partial charge in [0, 0.05) is 35.3 Å². The number of amidine groups is 1. The van der Waals surface area contributed by atoms with Crippen molar-refractivity contribution < 1.29 is 0 Å². The molecular formula is C15H18ClN7. The number of anilines is 1. The highest BCUT2D eigenvalue weighted by Gasteiger charge is 2.18. The van der Waals surface area contributed by atoms with Crippen LogP contribution in [0.2, 0.25) is 0 Å². The molecule has 2 heterocycles. The zero-order chi connectivity index (χ0) is 16.8. The lowest BCUT2D eigenvalue weighted by atomic mass is 10.1. The smallest absolute Gasteiger partial charge is 0.173 e. The summed E-state index contributed by atoms with van der Waals surface area (Å²) < 4.78 is 0. The fourth-order valence-corrected chi connectivity index (χ4v) is 2.22. The summed E-state index contributed by atoms with van der Waals surface area (Å²) in [4.78, 5) is 8.29. The molecule has 1 unspecified atom stereocenters. The van der Waals surface area contributed by atoms with Crippen LogP contribution in [-0.4, -0.2) is 26.9 Å². The minimum atomic E-state index is -0.226. The Labute approximate surface area is 139 Å². The Kier molecular flexibility index (Phi) is 5.51. The lowest BCUT2D eigenvalue weighted by Crippen LogP contribution is -2.44. The number of pyridine rings is 2. The normalized spacial score (nSPS) is 13.3. The van der Waals surface area contributed by atoms with Gasteiger partial charge in [-0.1, -0.05) is 17.7 Å². The molecule has 0 fully saturated rings. The zero-order valence-electron chi connectivity index (χ0n) is 12.6. The third kappa shape index (κ3) is 3.77. The van der Waals surface area contributed by atoms with E-state index in [-0.39, 0.29) is 11.9 Å². The van der Waals surface area contributed by atoms with Crippen LogP contribution in [0.4, 0.5) is 5.82 Å². The summed E-state index contributed by atoms with van der Waals surface area (Å²) in [6.07, 6.45) is 6.78. The fourth-order valence-electron chi connectivity index (χ4n) is 2.01. The maximum atomic E-state index is 6.06. The van der Waals surface area contributed by atoms with Gasteiger partial charge in [0.15, 0.2) is 5.84 Å². The number of rotatable bonds is 4. The first kappa shape index (κ1) is 16.7. The number of hydrogen-bond acceptors (Lipinski definition) is 6. The Bertz CT molecular complexity index is 715. The van der Waals surface area contributed by atoms with E-state index in [4.69, 9.17) is 29.0 Å². The summed E-state index contributed by atoms with van der Waals surface area (Å²) in [6.45, 7) is 1.85. The molecule has 23 heavy (non-hydrogen) atoms. The third-order valence-electron chi connectivity index (χ3n) is 3.31. The van der Waals surface area contributed by atoms with Crippen LogP contribution < -0.4 is 17.4 Å². The molecule has 8 heteroatoms. The standard InChI is InChI=1S/C15H18ClN7/c1-10(4-5-16)23(19)15(22-18)13-7-12(9-21-14(13)17)11-3-2-6-20-8-11/h2-10H,18-19H2,1H3,(H2,17,21)/b5-4+,22-15-. The molecule has 2 rings (SSSR count). The van der Waals surface area contributed by atoms with Crippen LogP contribution >= 0.6 is 11.6 Å². The predicted molar refractivity (Wildman–Crippen MR) is 93.1 cm³/mol. The molecule has 0 saturated heterocycles. The van der Waals surface area contributed by atoms with Crippen LogP contribution in [0, 0.1) is 0 Å². The van der Waals surface area contributed by atoms with Gasteiger partial charge in [0.25, 0.3) is 0 Å². The van der Waals surface area contributed by atoms with Crippen molar-refractivity contribution in [2.45, 2.75) is 13.0 Å². The molecule has 0 aliphatic heterocycles. The van der Waals surface area contributed by atoms with E-state index in [2.05, 4.69) is 15.1 Å². The second kappa shape index (κ2) is 7.57. The predicted octanol–water partition coefficient (Wildman–Crippen LogP) is 1.66. The van der Waals surface area contributed by atoms with Gasteiger partial charge in [0.05, 0.1) is 11.6 Å². The Morgan fingerprint density at radius 2 is 2.17 bits per heavy atom. The maximum absolute atomic E-state index is 6.06. The van der Waals surface area contributed by atoms with E-state index < -0.39 is 0 Å². The van der Waals surface area contributed by atoms with Crippen molar-refractivity contribution in [2.75, 3.05) is 5.73 Å². The number of halogens is 1. The van der Waals surface area contributed by atoms with Crippen LogP contribution in [0.5, 0.6) is 0 Å². The third-order valence-corrected chi connectivity index (χ3v) is 3.46. The second-order valence-corrected chi connectivity index (χ2v) is 5.07. The zero-order valence-corrected chi connectivity index (χ0v) is 13.4. The van der Waals surface area contributed by atoms with E-state index in [0.29, 0.717) is 11.4 Å². The topological polar surface area (TPSA) is 119 Å². The molecule has 0 aliphatic carbocycles. The van der Waals surface area contributed by atoms with Crippen molar-refractivity contribution in [2.24, 2.45) is 16.8 Å². The Morgan fingerprint density at radius 1 is 1.39 bits per heavy atom. The van der Waals surface area contributed by atoms with Crippen molar-refractivity contribution in [1.82, 2.24) is 15.0 Å². The van der Waals surface area contributed by atoms with E-state index >= 15 is 0 Å². The first-order valence-electron chi connectivity index (χ1n) is 6.83. The lowest BCUT2D eigenvalue weighted by Gasteiger charge is -2.25. The molecule has 0 saturated carbocycles. The monoisotopic (exact) mass is 331 g/mol. The summed E-state index contributed by atoms with van der Waals surface area (Å²) in [5.41, 5.74) is 9.61. The Balaban J connectivity index is 2.45. The second-order valence-electron chi connectivity index (χ2n) is 4.82. The molecule has 6 N–H and O–H groups in total. The van der Waals surface area contributed by atoms with E-state index in [9.17, 15) is 0 Å². The molecule has 0 radical (unpaired) electrons.